The standard InChI is InChI=1S/C14H18Cl2N2O3/c1-9(19)5-17-14(20)18-6-11(7-18)21-8-10-2-3-12(15)13(16)4-10/h2-4,9,11,19H,5-8H2,1H3,(H,17,20)/t9-/m0/s1. The number of aliphatic hydroxyl groups is 1. The van der Waals surface area contributed by atoms with Crippen LogP contribution in [0, 0.1) is 0 Å². The first-order valence-corrected chi connectivity index (χ1v) is 7.47. The normalized spacial score (nSPS) is 16.5. The number of ether oxygens (including phenoxy) is 1. The first-order valence-electron chi connectivity index (χ1n) is 6.72. The van der Waals surface area contributed by atoms with Crippen molar-refractivity contribution in [2.75, 3.05) is 19.6 Å². The van der Waals surface area contributed by atoms with Gasteiger partial charge in [-0.1, -0.05) is 29.3 Å². The van der Waals surface area contributed by atoms with Crippen molar-refractivity contribution in [3.63, 3.8) is 0 Å². The number of urea groups is 1. The van der Waals surface area contributed by atoms with E-state index in [1.807, 2.05) is 6.07 Å². The summed E-state index contributed by atoms with van der Waals surface area (Å²) < 4.78 is 5.69. The molecule has 0 saturated carbocycles. The van der Waals surface area contributed by atoms with E-state index in [-0.39, 0.29) is 18.7 Å². The van der Waals surface area contributed by atoms with Crippen molar-refractivity contribution in [2.45, 2.75) is 25.7 Å². The van der Waals surface area contributed by atoms with E-state index in [1.54, 1.807) is 24.0 Å². The summed E-state index contributed by atoms with van der Waals surface area (Å²) in [5, 5.41) is 12.8. The Labute approximate surface area is 133 Å². The Morgan fingerprint density at radius 1 is 1.48 bits per heavy atom. The van der Waals surface area contributed by atoms with Crippen molar-refractivity contribution in [3.05, 3.63) is 33.8 Å². The number of hydrogen-bond acceptors (Lipinski definition) is 3. The molecule has 0 aliphatic carbocycles. The summed E-state index contributed by atoms with van der Waals surface area (Å²) in [6.45, 7) is 3.41. The number of benzene rings is 1. The molecule has 2 rings (SSSR count). The van der Waals surface area contributed by atoms with Gasteiger partial charge in [0.15, 0.2) is 0 Å². The van der Waals surface area contributed by atoms with Crippen LogP contribution in [0.1, 0.15) is 12.5 Å². The summed E-state index contributed by atoms with van der Waals surface area (Å²) >= 11 is 11.8. The van der Waals surface area contributed by atoms with E-state index < -0.39 is 6.10 Å². The molecule has 1 fully saturated rings. The fraction of sp³-hybridized carbons (Fsp3) is 0.500. The molecule has 2 N–H and O–H groups in total. The second-order valence-corrected chi connectivity index (χ2v) is 5.94. The lowest BCUT2D eigenvalue weighted by molar-refractivity contribution is -0.0444. The van der Waals surface area contributed by atoms with Crippen molar-refractivity contribution in [2.24, 2.45) is 0 Å². The molecule has 0 spiro atoms. The van der Waals surface area contributed by atoms with Crippen molar-refractivity contribution in [3.8, 4) is 0 Å². The molecule has 2 amide bonds. The molecule has 0 aromatic heterocycles. The van der Waals surface area contributed by atoms with Crippen LogP contribution in [-0.4, -0.2) is 47.9 Å². The number of aliphatic hydroxyl groups excluding tert-OH is 1. The van der Waals surface area contributed by atoms with Gasteiger partial charge in [0.05, 0.1) is 41.9 Å². The molecule has 1 heterocycles. The zero-order valence-corrected chi connectivity index (χ0v) is 13.2. The Hall–Kier alpha value is -1.01. The lowest BCUT2D eigenvalue weighted by atomic mass is 10.1. The summed E-state index contributed by atoms with van der Waals surface area (Å²) in [5.74, 6) is 0. The maximum absolute atomic E-state index is 11.6. The molecule has 1 aromatic carbocycles. The van der Waals surface area contributed by atoms with E-state index >= 15 is 0 Å². The van der Waals surface area contributed by atoms with Crippen molar-refractivity contribution in [1.82, 2.24) is 10.2 Å². The second kappa shape index (κ2) is 7.31. The van der Waals surface area contributed by atoms with Gasteiger partial charge in [0.25, 0.3) is 0 Å². The van der Waals surface area contributed by atoms with Crippen LogP contribution in [-0.2, 0) is 11.3 Å². The Balaban J connectivity index is 1.68. The average Bonchev–Trinajstić information content (AvgIpc) is 2.38. The minimum Gasteiger partial charge on any atom is -0.392 e. The highest BCUT2D eigenvalue weighted by Crippen LogP contribution is 2.23. The molecule has 116 valence electrons. The number of likely N-dealkylation sites (tertiary alicyclic amines) is 1. The summed E-state index contributed by atoms with van der Waals surface area (Å²) in [6, 6.07) is 5.19. The highest BCUT2D eigenvalue weighted by Gasteiger charge is 2.31. The molecule has 0 bridgehead atoms. The monoisotopic (exact) mass is 332 g/mol. The third-order valence-electron chi connectivity index (χ3n) is 3.15. The predicted octanol–water partition coefficient (Wildman–Crippen LogP) is 2.28. The zero-order valence-electron chi connectivity index (χ0n) is 11.7. The quantitative estimate of drug-likeness (QED) is 0.869. The van der Waals surface area contributed by atoms with Crippen LogP contribution in [0.4, 0.5) is 4.79 Å². The minimum absolute atomic E-state index is 0.0248. The topological polar surface area (TPSA) is 61.8 Å². The molecule has 1 aliphatic rings. The Kier molecular flexibility index (Phi) is 5.70. The maximum Gasteiger partial charge on any atom is 0.317 e. The van der Waals surface area contributed by atoms with Gasteiger partial charge in [0.2, 0.25) is 0 Å². The number of nitrogens with zero attached hydrogens (tertiary/aromatic N) is 1. The molecule has 0 radical (unpaired) electrons. The van der Waals surface area contributed by atoms with Crippen LogP contribution >= 0.6 is 23.2 Å². The van der Waals surface area contributed by atoms with Gasteiger partial charge in [-0.3, -0.25) is 0 Å². The predicted molar refractivity (Wildman–Crippen MR) is 81.7 cm³/mol. The second-order valence-electron chi connectivity index (χ2n) is 5.12. The van der Waals surface area contributed by atoms with Crippen molar-refractivity contribution < 1.29 is 14.6 Å². The van der Waals surface area contributed by atoms with E-state index in [9.17, 15) is 4.79 Å². The molecule has 21 heavy (non-hydrogen) atoms. The van der Waals surface area contributed by atoms with Gasteiger partial charge in [-0.15, -0.1) is 0 Å². The molecule has 5 nitrogen and oxygen atoms in total. The van der Waals surface area contributed by atoms with E-state index in [1.165, 1.54) is 0 Å². The van der Waals surface area contributed by atoms with Crippen LogP contribution < -0.4 is 5.32 Å². The van der Waals surface area contributed by atoms with Crippen LogP contribution in [0.3, 0.4) is 0 Å². The molecule has 0 unspecified atom stereocenters. The number of halogens is 2. The SMILES string of the molecule is C[C@H](O)CNC(=O)N1CC(OCc2ccc(Cl)c(Cl)c2)C1. The number of rotatable bonds is 5. The van der Waals surface area contributed by atoms with Gasteiger partial charge in [0, 0.05) is 6.54 Å². The number of carbonyl (C=O) groups is 1. The first kappa shape index (κ1) is 16.4. The Bertz CT molecular complexity index is 505. The molecule has 1 aliphatic heterocycles. The summed E-state index contributed by atoms with van der Waals surface area (Å²) in [7, 11) is 0. The smallest absolute Gasteiger partial charge is 0.317 e. The molecule has 1 atom stereocenters. The molecule has 1 aromatic rings. The van der Waals surface area contributed by atoms with Crippen molar-refractivity contribution in [1.29, 1.82) is 0 Å². The van der Waals surface area contributed by atoms with Crippen molar-refractivity contribution >= 4 is 29.2 Å². The van der Waals surface area contributed by atoms with E-state index in [0.717, 1.165) is 5.56 Å². The largest absolute Gasteiger partial charge is 0.392 e. The van der Waals surface area contributed by atoms with Gasteiger partial charge in [0.1, 0.15) is 0 Å². The summed E-state index contributed by atoms with van der Waals surface area (Å²) in [5.41, 5.74) is 0.946. The maximum atomic E-state index is 11.6. The van der Waals surface area contributed by atoms with Gasteiger partial charge >= 0.3 is 6.03 Å². The fourth-order valence-corrected chi connectivity index (χ4v) is 2.22. The third kappa shape index (κ3) is 4.74. The van der Waals surface area contributed by atoms with Gasteiger partial charge in [-0.2, -0.15) is 0 Å². The highest BCUT2D eigenvalue weighted by molar-refractivity contribution is 6.42. The summed E-state index contributed by atoms with van der Waals surface area (Å²) in [4.78, 5) is 13.3. The van der Waals surface area contributed by atoms with E-state index in [2.05, 4.69) is 5.32 Å². The van der Waals surface area contributed by atoms with Crippen LogP contribution in [0.25, 0.3) is 0 Å². The number of amides is 2. The fourth-order valence-electron chi connectivity index (χ4n) is 1.90. The van der Waals surface area contributed by atoms with Gasteiger partial charge < -0.3 is 20.1 Å². The molecule has 7 heteroatoms. The minimum atomic E-state index is -0.545. The lowest BCUT2D eigenvalue weighted by Gasteiger charge is -2.38. The van der Waals surface area contributed by atoms with Gasteiger partial charge in [-0.25, -0.2) is 4.79 Å². The first-order chi connectivity index (χ1) is 9.95. The zero-order chi connectivity index (χ0) is 15.4. The van der Waals surface area contributed by atoms with Crippen LogP contribution in [0.5, 0.6) is 0 Å². The number of carbonyl (C=O) groups excluding carboxylic acids is 1. The molecular formula is C14H18Cl2N2O3. The molecular weight excluding hydrogens is 315 g/mol. The lowest BCUT2D eigenvalue weighted by Crippen LogP contribution is -2.58. The average molecular weight is 333 g/mol. The Morgan fingerprint density at radius 3 is 2.81 bits per heavy atom. The van der Waals surface area contributed by atoms with E-state index in [0.29, 0.717) is 29.7 Å². The number of nitrogens with one attached hydrogen (secondary N) is 1. The highest BCUT2D eigenvalue weighted by atomic mass is 35.5. The van der Waals surface area contributed by atoms with Crippen LogP contribution in [0.15, 0.2) is 18.2 Å². The van der Waals surface area contributed by atoms with Crippen LogP contribution in [0.2, 0.25) is 10.0 Å². The Morgan fingerprint density at radius 2 is 2.19 bits per heavy atom. The third-order valence-corrected chi connectivity index (χ3v) is 3.89. The summed E-state index contributed by atoms with van der Waals surface area (Å²) in [6.07, 6.45) is -0.520. The molecule has 1 saturated heterocycles. The number of hydrogen-bond donors (Lipinski definition) is 2. The van der Waals surface area contributed by atoms with E-state index in [4.69, 9.17) is 33.0 Å². The van der Waals surface area contributed by atoms with Gasteiger partial charge in [-0.05, 0) is 24.6 Å².